The molecule has 1 aromatic carbocycles. The maximum absolute atomic E-state index is 13.4. The van der Waals surface area contributed by atoms with Crippen molar-refractivity contribution in [2.45, 2.75) is 31.3 Å². The molecule has 1 fully saturated rings. The van der Waals surface area contributed by atoms with Crippen molar-refractivity contribution in [1.29, 1.82) is 0 Å². The van der Waals surface area contributed by atoms with Crippen molar-refractivity contribution in [3.8, 4) is 11.6 Å². The van der Waals surface area contributed by atoms with Gasteiger partial charge in [0.05, 0.1) is 28.6 Å². The summed E-state index contributed by atoms with van der Waals surface area (Å²) in [4.78, 5) is 49.9. The Labute approximate surface area is 227 Å². The predicted molar refractivity (Wildman–Crippen MR) is 149 cm³/mol. The number of benzene rings is 1. The van der Waals surface area contributed by atoms with Crippen LogP contribution < -0.4 is 25.6 Å². The number of anilines is 3. The molecule has 10 nitrogen and oxygen atoms in total. The van der Waals surface area contributed by atoms with Gasteiger partial charge in [0.2, 0.25) is 11.8 Å². The Morgan fingerprint density at radius 1 is 1.08 bits per heavy atom. The highest BCUT2D eigenvalue weighted by Gasteiger charge is 2.35. The van der Waals surface area contributed by atoms with Gasteiger partial charge in [-0.25, -0.2) is 14.8 Å². The fraction of sp³-hybridized carbons (Fsp3) is 0.179. The van der Waals surface area contributed by atoms with Crippen LogP contribution in [-0.2, 0) is 4.79 Å². The number of carbonyl (C=O) groups excluding carboxylic acids is 3. The van der Waals surface area contributed by atoms with Gasteiger partial charge >= 0.3 is 6.03 Å². The molecule has 4 aromatic rings. The Bertz CT molecular complexity index is 1590. The van der Waals surface area contributed by atoms with Crippen molar-refractivity contribution in [1.82, 2.24) is 20.6 Å². The highest BCUT2D eigenvalue weighted by atomic mass is 32.1. The predicted octanol–water partition coefficient (Wildman–Crippen LogP) is 5.12. The third-order valence-corrected chi connectivity index (χ3v) is 7.84. The van der Waals surface area contributed by atoms with E-state index in [1.165, 1.54) is 22.3 Å². The van der Waals surface area contributed by atoms with Crippen LogP contribution in [0.2, 0.25) is 0 Å². The number of para-hydroxylation sites is 1. The summed E-state index contributed by atoms with van der Waals surface area (Å²) in [7, 11) is 0. The number of thiophene rings is 1. The molecule has 6 rings (SSSR count). The van der Waals surface area contributed by atoms with Gasteiger partial charge in [0.1, 0.15) is 15.5 Å². The van der Waals surface area contributed by atoms with Crippen molar-refractivity contribution < 1.29 is 19.1 Å². The first-order chi connectivity index (χ1) is 19.0. The fourth-order valence-corrected chi connectivity index (χ4v) is 5.98. The number of nitrogens with one attached hydrogen (secondary N) is 3. The number of pyridine rings is 2. The second-order valence-corrected chi connectivity index (χ2v) is 10.2. The summed E-state index contributed by atoms with van der Waals surface area (Å²) in [6.07, 6.45) is 6.80. The number of urea groups is 1. The molecule has 1 saturated carbocycles. The first-order valence-corrected chi connectivity index (χ1v) is 13.3. The summed E-state index contributed by atoms with van der Waals surface area (Å²) in [5.74, 6) is 0.465. The number of rotatable bonds is 7. The quantitative estimate of drug-likeness (QED) is 0.280. The normalized spacial score (nSPS) is 17.9. The summed E-state index contributed by atoms with van der Waals surface area (Å²) in [5.41, 5.74) is 1.57. The lowest BCUT2D eigenvalue weighted by Crippen LogP contribution is -2.48. The van der Waals surface area contributed by atoms with Crippen molar-refractivity contribution >= 4 is 56.5 Å². The highest BCUT2D eigenvalue weighted by Crippen LogP contribution is 2.45. The average molecular weight is 541 g/mol. The molecule has 0 bridgehead atoms. The zero-order valence-electron chi connectivity index (χ0n) is 20.7. The summed E-state index contributed by atoms with van der Waals surface area (Å²) >= 11 is 1.21. The Morgan fingerprint density at radius 2 is 1.87 bits per heavy atom. The smallest absolute Gasteiger partial charge is 0.331 e. The van der Waals surface area contributed by atoms with Gasteiger partial charge in [-0.05, 0) is 49.6 Å². The summed E-state index contributed by atoms with van der Waals surface area (Å²) < 4.78 is 5.77. The van der Waals surface area contributed by atoms with E-state index < -0.39 is 6.03 Å². The van der Waals surface area contributed by atoms with E-state index in [4.69, 9.17) is 4.74 Å². The first-order valence-electron chi connectivity index (χ1n) is 12.5. The van der Waals surface area contributed by atoms with Crippen LogP contribution in [0.5, 0.6) is 11.6 Å². The molecular weight excluding hydrogens is 516 g/mol. The van der Waals surface area contributed by atoms with Crippen molar-refractivity contribution in [3.63, 3.8) is 0 Å². The molecule has 2 atom stereocenters. The van der Waals surface area contributed by atoms with Crippen LogP contribution in [0.25, 0.3) is 10.2 Å². The molecule has 4 amide bonds. The average Bonchev–Trinajstić information content (AvgIpc) is 3.54. The lowest BCUT2D eigenvalue weighted by atomic mass is 10.1. The first kappa shape index (κ1) is 24.6. The van der Waals surface area contributed by atoms with Crippen LogP contribution in [0.1, 0.15) is 28.9 Å². The minimum Gasteiger partial charge on any atom is -0.439 e. The van der Waals surface area contributed by atoms with Crippen LogP contribution in [0.3, 0.4) is 0 Å². The molecule has 2 aliphatic rings. The molecule has 4 heterocycles. The van der Waals surface area contributed by atoms with E-state index in [9.17, 15) is 14.4 Å². The van der Waals surface area contributed by atoms with Crippen LogP contribution in [-0.4, -0.2) is 39.9 Å². The van der Waals surface area contributed by atoms with Crippen LogP contribution in [0, 0.1) is 0 Å². The van der Waals surface area contributed by atoms with Gasteiger partial charge in [0, 0.05) is 24.3 Å². The molecular formula is C28H24N6O4S. The third-order valence-electron chi connectivity index (χ3n) is 6.74. The van der Waals surface area contributed by atoms with Gasteiger partial charge in [0.25, 0.3) is 5.91 Å². The Hall–Kier alpha value is -4.77. The summed E-state index contributed by atoms with van der Waals surface area (Å²) in [6, 6.07) is 13.7. The van der Waals surface area contributed by atoms with Crippen molar-refractivity contribution in [2.75, 3.05) is 10.2 Å². The molecule has 0 spiro atoms. The molecule has 3 aromatic heterocycles. The Morgan fingerprint density at radius 3 is 2.62 bits per heavy atom. The van der Waals surface area contributed by atoms with E-state index in [-0.39, 0.29) is 23.9 Å². The van der Waals surface area contributed by atoms with Crippen molar-refractivity contribution in [2.24, 2.45) is 0 Å². The number of nitrogens with zero attached hydrogens (tertiary/aromatic N) is 3. The molecule has 1 aliphatic heterocycles. The van der Waals surface area contributed by atoms with E-state index in [0.717, 1.165) is 19.3 Å². The van der Waals surface area contributed by atoms with Gasteiger partial charge in [-0.2, -0.15) is 0 Å². The number of carbonyl (C=O) groups is 3. The molecule has 39 heavy (non-hydrogen) atoms. The zero-order chi connectivity index (χ0) is 26.9. The van der Waals surface area contributed by atoms with E-state index in [0.29, 0.717) is 43.8 Å². The SMILES string of the molecule is C=CC(=O)N[C@@H]1CCC[C@H]1NC(=O)c1sc2nccc3c2c1NC(=O)N3c1ccc(Oc2ccccc2)nc1. The molecule has 196 valence electrons. The molecule has 0 saturated heterocycles. The number of hydrogen-bond acceptors (Lipinski definition) is 7. The minimum atomic E-state index is -0.419. The molecule has 11 heteroatoms. The topological polar surface area (TPSA) is 126 Å². The summed E-state index contributed by atoms with van der Waals surface area (Å²) in [6.45, 7) is 3.50. The standard InChI is InChI=1S/C28H24N6O4S/c1-2-21(35)31-18-9-6-10-19(18)32-26(36)25-24-23-20(13-14-29-27(23)39-25)34(28(37)33-24)16-11-12-22(30-15-16)38-17-7-4-3-5-8-17/h2-5,7-8,11-15,18-19H,1,6,9-10H2,(H,31,35)(H,32,36)(H,33,37)/t18-,19-/m1/s1. The van der Waals surface area contributed by atoms with E-state index in [2.05, 4.69) is 32.5 Å². The number of amides is 4. The Balaban J connectivity index is 1.27. The molecule has 1 aliphatic carbocycles. The molecule has 0 unspecified atom stereocenters. The lowest BCUT2D eigenvalue weighted by Gasteiger charge is -2.28. The molecule has 0 radical (unpaired) electrons. The van der Waals surface area contributed by atoms with E-state index >= 15 is 0 Å². The second-order valence-electron chi connectivity index (χ2n) is 9.18. The number of hydrogen-bond donors (Lipinski definition) is 3. The Kier molecular flexibility index (Phi) is 6.41. The van der Waals surface area contributed by atoms with E-state index in [1.807, 2.05) is 30.3 Å². The van der Waals surface area contributed by atoms with Crippen molar-refractivity contribution in [3.05, 3.63) is 78.5 Å². The largest absolute Gasteiger partial charge is 0.439 e. The van der Waals surface area contributed by atoms with Crippen LogP contribution >= 0.6 is 11.3 Å². The van der Waals surface area contributed by atoms with Gasteiger partial charge < -0.3 is 20.7 Å². The van der Waals surface area contributed by atoms with E-state index in [1.54, 1.807) is 30.6 Å². The maximum Gasteiger partial charge on any atom is 0.331 e. The lowest BCUT2D eigenvalue weighted by molar-refractivity contribution is -0.117. The zero-order valence-corrected chi connectivity index (χ0v) is 21.5. The van der Waals surface area contributed by atoms with Crippen LogP contribution in [0.4, 0.5) is 21.9 Å². The number of aromatic nitrogens is 2. The number of ether oxygens (including phenoxy) is 1. The van der Waals surface area contributed by atoms with Gasteiger partial charge in [-0.3, -0.25) is 14.5 Å². The van der Waals surface area contributed by atoms with Crippen LogP contribution in [0.15, 0.2) is 73.6 Å². The maximum atomic E-state index is 13.4. The fourth-order valence-electron chi connectivity index (χ4n) is 4.96. The summed E-state index contributed by atoms with van der Waals surface area (Å²) in [5, 5.41) is 9.50. The monoisotopic (exact) mass is 540 g/mol. The second kappa shape index (κ2) is 10.2. The van der Waals surface area contributed by atoms with Gasteiger partial charge in [-0.1, -0.05) is 24.8 Å². The van der Waals surface area contributed by atoms with Gasteiger partial charge in [-0.15, -0.1) is 11.3 Å². The van der Waals surface area contributed by atoms with Gasteiger partial charge in [0.15, 0.2) is 0 Å². The highest BCUT2D eigenvalue weighted by molar-refractivity contribution is 7.21. The third kappa shape index (κ3) is 4.68. The molecule has 3 N–H and O–H groups in total. The minimum absolute atomic E-state index is 0.176.